The number of rotatable bonds is 5. The van der Waals surface area contributed by atoms with E-state index in [-0.39, 0.29) is 5.78 Å². The number of hydrogen-bond donors (Lipinski definition) is 1. The second kappa shape index (κ2) is 4.04. The molecule has 1 aliphatic carbocycles. The fourth-order valence-electron chi connectivity index (χ4n) is 1.17. The largest absolute Gasteiger partial charge is 0.360 e. The van der Waals surface area contributed by atoms with E-state index >= 15 is 0 Å². The molecule has 0 atom stereocenters. The lowest BCUT2D eigenvalue weighted by Gasteiger charge is -1.97. The third-order valence-electron chi connectivity index (χ3n) is 2.11. The molecule has 0 aromatic carbocycles. The van der Waals surface area contributed by atoms with Gasteiger partial charge >= 0.3 is 0 Å². The van der Waals surface area contributed by atoms with Crippen LogP contribution in [0.25, 0.3) is 0 Å². The lowest BCUT2D eigenvalue weighted by Crippen LogP contribution is -2.03. The van der Waals surface area contributed by atoms with Crippen LogP contribution in [0.4, 0.5) is 5.13 Å². The van der Waals surface area contributed by atoms with Crippen molar-refractivity contribution in [3.63, 3.8) is 0 Å². The Balaban J connectivity index is 1.84. The number of Topliss-reactive ketones (excluding diaryl/α,β-unsaturated/α-hetero) is 1. The van der Waals surface area contributed by atoms with Gasteiger partial charge in [-0.2, -0.15) is 4.37 Å². The van der Waals surface area contributed by atoms with Crippen molar-refractivity contribution in [3.8, 4) is 0 Å². The van der Waals surface area contributed by atoms with Gasteiger partial charge in [0, 0.05) is 18.1 Å². The molecule has 76 valence electrons. The molecule has 1 N–H and O–H groups in total. The summed E-state index contributed by atoms with van der Waals surface area (Å²) >= 11 is 1.34. The zero-order valence-corrected chi connectivity index (χ0v) is 8.93. The Kier molecular flexibility index (Phi) is 2.77. The maximum absolute atomic E-state index is 10.8. The van der Waals surface area contributed by atoms with E-state index in [1.807, 2.05) is 0 Å². The molecule has 0 unspecified atom stereocenters. The molecule has 0 amide bonds. The summed E-state index contributed by atoms with van der Waals surface area (Å²) in [6.07, 6.45) is 3.00. The minimum atomic E-state index is 0.108. The van der Waals surface area contributed by atoms with Gasteiger partial charge in [0.2, 0.25) is 5.13 Å². The first-order chi connectivity index (χ1) is 6.74. The van der Waals surface area contributed by atoms with Gasteiger partial charge in [-0.3, -0.25) is 4.79 Å². The number of carbonyl (C=O) groups excluding carboxylic acids is 1. The molecule has 0 aliphatic heterocycles. The topological polar surface area (TPSA) is 54.9 Å². The maximum atomic E-state index is 10.8. The molecule has 2 rings (SSSR count). The normalized spacial score (nSPS) is 15.5. The van der Waals surface area contributed by atoms with Gasteiger partial charge in [-0.15, -0.1) is 0 Å². The number of carbonyl (C=O) groups is 1. The van der Waals surface area contributed by atoms with Crippen LogP contribution in [0, 0.1) is 5.92 Å². The SMILES string of the molecule is CC(=O)Cc1nsc(NCC2CC2)n1. The van der Waals surface area contributed by atoms with Gasteiger partial charge < -0.3 is 5.32 Å². The Morgan fingerprint density at radius 2 is 2.43 bits per heavy atom. The van der Waals surface area contributed by atoms with E-state index in [4.69, 9.17) is 0 Å². The van der Waals surface area contributed by atoms with Crippen LogP contribution in [0.1, 0.15) is 25.6 Å². The summed E-state index contributed by atoms with van der Waals surface area (Å²) in [6.45, 7) is 2.55. The highest BCUT2D eigenvalue weighted by Gasteiger charge is 2.21. The molecule has 0 radical (unpaired) electrons. The molecule has 1 aromatic heterocycles. The first kappa shape index (κ1) is 9.58. The molecule has 4 nitrogen and oxygen atoms in total. The fraction of sp³-hybridized carbons (Fsp3) is 0.667. The van der Waals surface area contributed by atoms with E-state index in [2.05, 4.69) is 14.7 Å². The molecular weight excluding hydrogens is 198 g/mol. The molecule has 0 spiro atoms. The third kappa shape index (κ3) is 2.77. The van der Waals surface area contributed by atoms with Crippen molar-refractivity contribution >= 4 is 22.4 Å². The van der Waals surface area contributed by atoms with Crippen LogP contribution >= 0.6 is 11.5 Å². The van der Waals surface area contributed by atoms with E-state index in [0.29, 0.717) is 12.2 Å². The van der Waals surface area contributed by atoms with Crippen LogP contribution in [-0.2, 0) is 11.2 Å². The molecule has 5 heteroatoms. The van der Waals surface area contributed by atoms with Crippen molar-refractivity contribution in [1.82, 2.24) is 9.36 Å². The van der Waals surface area contributed by atoms with Crippen molar-refractivity contribution in [3.05, 3.63) is 5.82 Å². The Hall–Kier alpha value is -0.970. The highest BCUT2D eigenvalue weighted by molar-refractivity contribution is 7.09. The summed E-state index contributed by atoms with van der Waals surface area (Å²) in [5.41, 5.74) is 0. The monoisotopic (exact) mass is 211 g/mol. The lowest BCUT2D eigenvalue weighted by atomic mass is 10.3. The molecule has 1 saturated carbocycles. The highest BCUT2D eigenvalue weighted by Crippen LogP contribution is 2.29. The number of nitrogens with one attached hydrogen (secondary N) is 1. The summed E-state index contributed by atoms with van der Waals surface area (Å²) in [5.74, 6) is 1.58. The standard InChI is InChI=1S/C9H13N3OS/c1-6(13)4-8-11-9(14-12-8)10-5-7-2-3-7/h7H,2-5H2,1H3,(H,10,11,12). The van der Waals surface area contributed by atoms with Gasteiger partial charge in [-0.25, -0.2) is 4.98 Å². The van der Waals surface area contributed by atoms with E-state index in [1.54, 1.807) is 6.92 Å². The zero-order valence-electron chi connectivity index (χ0n) is 8.12. The smallest absolute Gasteiger partial charge is 0.202 e. The number of aromatic nitrogens is 2. The number of ketones is 1. The average molecular weight is 211 g/mol. The van der Waals surface area contributed by atoms with Crippen molar-refractivity contribution in [2.75, 3.05) is 11.9 Å². The summed E-state index contributed by atoms with van der Waals surface area (Å²) in [5, 5.41) is 4.07. The second-order valence-corrected chi connectivity index (χ2v) is 4.47. The molecular formula is C9H13N3OS. The Morgan fingerprint density at radius 3 is 3.07 bits per heavy atom. The summed E-state index contributed by atoms with van der Waals surface area (Å²) in [6, 6.07) is 0. The van der Waals surface area contributed by atoms with E-state index in [1.165, 1.54) is 24.4 Å². The summed E-state index contributed by atoms with van der Waals surface area (Å²) in [4.78, 5) is 15.0. The van der Waals surface area contributed by atoms with Crippen LogP contribution in [0.2, 0.25) is 0 Å². The van der Waals surface area contributed by atoms with Crippen LogP contribution < -0.4 is 5.32 Å². The van der Waals surface area contributed by atoms with Crippen molar-refractivity contribution < 1.29 is 4.79 Å². The first-order valence-corrected chi connectivity index (χ1v) is 5.57. The van der Waals surface area contributed by atoms with Gasteiger partial charge in [0.15, 0.2) is 5.82 Å². The van der Waals surface area contributed by atoms with Crippen molar-refractivity contribution in [1.29, 1.82) is 0 Å². The lowest BCUT2D eigenvalue weighted by molar-refractivity contribution is -0.116. The molecule has 1 heterocycles. The van der Waals surface area contributed by atoms with Gasteiger partial charge in [-0.1, -0.05) is 0 Å². The Morgan fingerprint density at radius 1 is 1.64 bits per heavy atom. The van der Waals surface area contributed by atoms with E-state index in [9.17, 15) is 4.79 Å². The minimum Gasteiger partial charge on any atom is -0.360 e. The zero-order chi connectivity index (χ0) is 9.97. The number of anilines is 1. The number of nitrogens with zero attached hydrogens (tertiary/aromatic N) is 2. The Bertz CT molecular complexity index is 333. The van der Waals surface area contributed by atoms with Crippen LogP contribution in [0.15, 0.2) is 0 Å². The quantitative estimate of drug-likeness (QED) is 0.801. The maximum Gasteiger partial charge on any atom is 0.202 e. The van der Waals surface area contributed by atoms with Gasteiger partial charge in [-0.05, 0) is 25.7 Å². The molecule has 0 bridgehead atoms. The molecule has 0 saturated heterocycles. The van der Waals surface area contributed by atoms with Gasteiger partial charge in [0.25, 0.3) is 0 Å². The first-order valence-electron chi connectivity index (χ1n) is 4.80. The van der Waals surface area contributed by atoms with Crippen LogP contribution in [0.3, 0.4) is 0 Å². The number of hydrogen-bond acceptors (Lipinski definition) is 5. The van der Waals surface area contributed by atoms with Crippen molar-refractivity contribution in [2.24, 2.45) is 5.92 Å². The van der Waals surface area contributed by atoms with Gasteiger partial charge in [0.05, 0.1) is 6.42 Å². The Labute approximate surface area is 86.9 Å². The predicted octanol–water partition coefficient (Wildman–Crippen LogP) is 1.49. The molecule has 1 aromatic rings. The van der Waals surface area contributed by atoms with Crippen LogP contribution in [0.5, 0.6) is 0 Å². The summed E-state index contributed by atoms with van der Waals surface area (Å²) < 4.78 is 4.10. The highest BCUT2D eigenvalue weighted by atomic mass is 32.1. The van der Waals surface area contributed by atoms with Crippen molar-refractivity contribution in [2.45, 2.75) is 26.2 Å². The predicted molar refractivity (Wildman–Crippen MR) is 55.5 cm³/mol. The van der Waals surface area contributed by atoms with E-state index in [0.717, 1.165) is 17.6 Å². The molecule has 1 fully saturated rings. The van der Waals surface area contributed by atoms with Gasteiger partial charge in [0.1, 0.15) is 5.78 Å². The molecule has 14 heavy (non-hydrogen) atoms. The van der Waals surface area contributed by atoms with E-state index < -0.39 is 0 Å². The van der Waals surface area contributed by atoms with Crippen LogP contribution in [-0.4, -0.2) is 21.7 Å². The average Bonchev–Trinajstić information content (AvgIpc) is 2.84. The minimum absolute atomic E-state index is 0.108. The fourth-order valence-corrected chi connectivity index (χ4v) is 1.77. The third-order valence-corrected chi connectivity index (χ3v) is 2.82. The second-order valence-electron chi connectivity index (χ2n) is 3.72. The summed E-state index contributed by atoms with van der Waals surface area (Å²) in [7, 11) is 0. The molecule has 1 aliphatic rings.